The van der Waals surface area contributed by atoms with E-state index in [9.17, 15) is 9.59 Å². The van der Waals surface area contributed by atoms with Crippen molar-refractivity contribution < 1.29 is 23.8 Å². The fourth-order valence-corrected chi connectivity index (χ4v) is 2.49. The molecule has 0 aromatic heterocycles. The molecule has 3 N–H and O–H groups in total. The summed E-state index contributed by atoms with van der Waals surface area (Å²) in [4.78, 5) is 23.4. The van der Waals surface area contributed by atoms with E-state index in [0.29, 0.717) is 11.4 Å². The van der Waals surface area contributed by atoms with Gasteiger partial charge in [-0.25, -0.2) is 0 Å². The fourth-order valence-electron chi connectivity index (χ4n) is 2.23. The summed E-state index contributed by atoms with van der Waals surface area (Å²) >= 11 is 6.16. The molecule has 0 fully saturated rings. The van der Waals surface area contributed by atoms with Crippen LogP contribution in [0.3, 0.4) is 0 Å². The molecular formula is C19H21ClN2O5. The third-order valence-electron chi connectivity index (χ3n) is 3.33. The van der Waals surface area contributed by atoms with Crippen molar-refractivity contribution in [3.63, 3.8) is 0 Å². The number of carbonyl (C=O) groups is 2. The summed E-state index contributed by atoms with van der Waals surface area (Å²) in [6.07, 6.45) is 0.0651. The monoisotopic (exact) mass is 392 g/mol. The van der Waals surface area contributed by atoms with Gasteiger partial charge in [0, 0.05) is 11.3 Å². The molecule has 8 heteroatoms. The van der Waals surface area contributed by atoms with E-state index in [-0.39, 0.29) is 40.7 Å². The Morgan fingerprint density at radius 1 is 1.19 bits per heavy atom. The van der Waals surface area contributed by atoms with Crippen LogP contribution in [0, 0.1) is 0 Å². The average Bonchev–Trinajstić information content (AvgIpc) is 2.61. The minimum atomic E-state index is -0.653. The van der Waals surface area contributed by atoms with Crippen LogP contribution in [0.1, 0.15) is 24.2 Å². The molecule has 0 aliphatic rings. The highest BCUT2D eigenvalue weighted by Crippen LogP contribution is 2.36. The highest BCUT2D eigenvalue weighted by molar-refractivity contribution is 6.32. The number of benzene rings is 2. The maximum Gasteiger partial charge on any atom is 0.255 e. The van der Waals surface area contributed by atoms with Crippen molar-refractivity contribution in [2.24, 2.45) is 5.73 Å². The van der Waals surface area contributed by atoms with Gasteiger partial charge in [-0.3, -0.25) is 9.59 Å². The molecule has 0 spiro atoms. The number of amides is 2. The van der Waals surface area contributed by atoms with Gasteiger partial charge < -0.3 is 25.3 Å². The Bertz CT molecular complexity index is 822. The molecule has 2 aromatic carbocycles. The minimum absolute atomic E-state index is 0.0651. The van der Waals surface area contributed by atoms with Crippen molar-refractivity contribution in [3.05, 3.63) is 47.0 Å². The third kappa shape index (κ3) is 5.79. The number of primary amides is 1. The van der Waals surface area contributed by atoms with Crippen molar-refractivity contribution >= 4 is 29.1 Å². The predicted octanol–water partition coefficient (Wildman–Crippen LogP) is 3.25. The molecule has 0 saturated carbocycles. The van der Waals surface area contributed by atoms with Gasteiger partial charge in [-0.1, -0.05) is 11.6 Å². The van der Waals surface area contributed by atoms with Gasteiger partial charge in [0.2, 0.25) is 0 Å². The Morgan fingerprint density at radius 2 is 1.85 bits per heavy atom. The van der Waals surface area contributed by atoms with E-state index >= 15 is 0 Å². The average molecular weight is 393 g/mol. The molecule has 7 nitrogen and oxygen atoms in total. The Balaban J connectivity index is 2.16. The Morgan fingerprint density at radius 3 is 2.41 bits per heavy atom. The summed E-state index contributed by atoms with van der Waals surface area (Å²) < 4.78 is 16.0. The molecule has 144 valence electrons. The lowest BCUT2D eigenvalue weighted by Gasteiger charge is -2.14. The third-order valence-corrected chi connectivity index (χ3v) is 3.62. The topological polar surface area (TPSA) is 99.9 Å². The number of carbonyl (C=O) groups excluding carboxylic acids is 2. The van der Waals surface area contributed by atoms with Gasteiger partial charge in [-0.15, -0.1) is 0 Å². The van der Waals surface area contributed by atoms with E-state index in [1.54, 1.807) is 24.3 Å². The first-order valence-electron chi connectivity index (χ1n) is 8.17. The number of rotatable bonds is 8. The van der Waals surface area contributed by atoms with Gasteiger partial charge in [0.25, 0.3) is 11.8 Å². The highest BCUT2D eigenvalue weighted by atomic mass is 35.5. The number of anilines is 1. The van der Waals surface area contributed by atoms with Crippen molar-refractivity contribution in [1.29, 1.82) is 0 Å². The molecule has 2 rings (SSSR count). The van der Waals surface area contributed by atoms with Gasteiger partial charge in [0.1, 0.15) is 5.75 Å². The summed E-state index contributed by atoms with van der Waals surface area (Å²) in [6, 6.07) is 9.89. The smallest absolute Gasteiger partial charge is 0.255 e. The standard InChI is InChI=1S/C19H21ClN2O5/c1-11(2)27-14-6-4-13(5-7-14)22-19(24)12-8-15(20)18(16(9-12)25-3)26-10-17(21)23/h4-9,11H,10H2,1-3H3,(H2,21,23)(H,22,24). The molecule has 2 aromatic rings. The van der Waals surface area contributed by atoms with Crippen molar-refractivity contribution in [3.8, 4) is 17.2 Å². The number of nitrogens with two attached hydrogens (primary N) is 1. The normalized spacial score (nSPS) is 10.4. The van der Waals surface area contributed by atoms with Crippen LogP contribution in [0.2, 0.25) is 5.02 Å². The van der Waals surface area contributed by atoms with E-state index in [1.165, 1.54) is 19.2 Å². The zero-order valence-electron chi connectivity index (χ0n) is 15.2. The van der Waals surface area contributed by atoms with Crippen LogP contribution in [-0.2, 0) is 4.79 Å². The lowest BCUT2D eigenvalue weighted by molar-refractivity contribution is -0.119. The molecular weight excluding hydrogens is 372 g/mol. The second-order valence-corrected chi connectivity index (χ2v) is 6.30. The number of methoxy groups -OCH3 is 1. The van der Waals surface area contributed by atoms with Crippen LogP contribution < -0.4 is 25.3 Å². The zero-order chi connectivity index (χ0) is 20.0. The van der Waals surface area contributed by atoms with Crippen LogP contribution >= 0.6 is 11.6 Å². The Kier molecular flexibility index (Phi) is 6.90. The summed E-state index contributed by atoms with van der Waals surface area (Å²) in [5, 5.41) is 2.89. The molecule has 0 bridgehead atoms. The number of hydrogen-bond acceptors (Lipinski definition) is 5. The first-order chi connectivity index (χ1) is 12.8. The Hall–Kier alpha value is -2.93. The number of halogens is 1. The Labute approximate surface area is 162 Å². The lowest BCUT2D eigenvalue weighted by Crippen LogP contribution is -2.20. The first kappa shape index (κ1) is 20.4. The van der Waals surface area contributed by atoms with Crippen LogP contribution in [0.4, 0.5) is 5.69 Å². The molecule has 0 heterocycles. The van der Waals surface area contributed by atoms with E-state index in [0.717, 1.165) is 0 Å². The molecule has 0 radical (unpaired) electrons. The zero-order valence-corrected chi connectivity index (χ0v) is 16.0. The van der Waals surface area contributed by atoms with Gasteiger partial charge in [-0.05, 0) is 50.2 Å². The van der Waals surface area contributed by atoms with Crippen molar-refractivity contribution in [2.75, 3.05) is 19.0 Å². The number of nitrogens with one attached hydrogen (secondary N) is 1. The second-order valence-electron chi connectivity index (χ2n) is 5.89. The highest BCUT2D eigenvalue weighted by Gasteiger charge is 2.17. The van der Waals surface area contributed by atoms with Gasteiger partial charge in [0.05, 0.1) is 18.2 Å². The largest absolute Gasteiger partial charge is 0.493 e. The molecule has 0 unspecified atom stereocenters. The lowest BCUT2D eigenvalue weighted by atomic mass is 10.1. The molecule has 0 saturated heterocycles. The molecule has 0 aliphatic carbocycles. The number of hydrogen-bond donors (Lipinski definition) is 2. The summed E-state index contributed by atoms with van der Waals surface area (Å²) in [7, 11) is 1.40. The summed E-state index contributed by atoms with van der Waals surface area (Å²) in [5.41, 5.74) is 5.93. The maximum atomic E-state index is 12.5. The van der Waals surface area contributed by atoms with Gasteiger partial charge in [0.15, 0.2) is 18.1 Å². The summed E-state index contributed by atoms with van der Waals surface area (Å²) in [5.74, 6) is 0.0389. The van der Waals surface area contributed by atoms with E-state index < -0.39 is 5.91 Å². The molecule has 2 amide bonds. The van der Waals surface area contributed by atoms with Crippen LogP contribution in [-0.4, -0.2) is 31.6 Å². The van der Waals surface area contributed by atoms with E-state index in [4.69, 9.17) is 31.5 Å². The van der Waals surface area contributed by atoms with Crippen LogP contribution in [0.5, 0.6) is 17.2 Å². The van der Waals surface area contributed by atoms with E-state index in [1.807, 2.05) is 13.8 Å². The second kappa shape index (κ2) is 9.14. The number of ether oxygens (including phenoxy) is 3. The van der Waals surface area contributed by atoms with Crippen LogP contribution in [0.25, 0.3) is 0 Å². The first-order valence-corrected chi connectivity index (χ1v) is 8.54. The predicted molar refractivity (Wildman–Crippen MR) is 103 cm³/mol. The van der Waals surface area contributed by atoms with Gasteiger partial charge in [-0.2, -0.15) is 0 Å². The minimum Gasteiger partial charge on any atom is -0.493 e. The van der Waals surface area contributed by atoms with Crippen LogP contribution in [0.15, 0.2) is 36.4 Å². The SMILES string of the molecule is COc1cc(C(=O)Nc2ccc(OC(C)C)cc2)cc(Cl)c1OCC(N)=O. The molecule has 27 heavy (non-hydrogen) atoms. The van der Waals surface area contributed by atoms with Crippen molar-refractivity contribution in [1.82, 2.24) is 0 Å². The van der Waals surface area contributed by atoms with E-state index in [2.05, 4.69) is 5.32 Å². The summed E-state index contributed by atoms with van der Waals surface area (Å²) in [6.45, 7) is 3.51. The van der Waals surface area contributed by atoms with Crippen molar-refractivity contribution in [2.45, 2.75) is 20.0 Å². The van der Waals surface area contributed by atoms with Gasteiger partial charge >= 0.3 is 0 Å². The molecule has 0 atom stereocenters. The maximum absolute atomic E-state index is 12.5. The quantitative estimate of drug-likeness (QED) is 0.718. The molecule has 0 aliphatic heterocycles. The fraction of sp³-hybridized carbons (Fsp3) is 0.263.